The number of nitrogens with one attached hydrogen (secondary N) is 1. The van der Waals surface area contributed by atoms with Crippen molar-refractivity contribution in [2.24, 2.45) is 10.1 Å². The van der Waals surface area contributed by atoms with Crippen LogP contribution in [0.2, 0.25) is 0 Å². The lowest BCUT2D eigenvalue weighted by molar-refractivity contribution is -0.135. The number of piperidine rings is 1. The van der Waals surface area contributed by atoms with E-state index in [4.69, 9.17) is 10.5 Å². The third-order valence-corrected chi connectivity index (χ3v) is 5.50. The fraction of sp³-hybridized carbons (Fsp3) is 0.529. The average Bonchev–Trinajstić information content (AvgIpc) is 2.59. The number of nitrogens with zero attached hydrogens (tertiary/aromatic N) is 2. The SMILES string of the molecule is CCCC(=O)N1CCCCC1COc1cccc2c1C(N)=NS(=O)(=O)N2. The molecule has 2 aliphatic rings. The van der Waals surface area contributed by atoms with Gasteiger partial charge in [0.05, 0.1) is 17.3 Å². The zero-order valence-electron chi connectivity index (χ0n) is 14.8. The van der Waals surface area contributed by atoms with Gasteiger partial charge in [0.1, 0.15) is 12.4 Å². The summed E-state index contributed by atoms with van der Waals surface area (Å²) in [5.74, 6) is 0.515. The minimum Gasteiger partial charge on any atom is -0.491 e. The van der Waals surface area contributed by atoms with Crippen molar-refractivity contribution in [3.63, 3.8) is 0 Å². The highest BCUT2D eigenvalue weighted by atomic mass is 32.2. The molecule has 26 heavy (non-hydrogen) atoms. The van der Waals surface area contributed by atoms with E-state index in [1.165, 1.54) is 0 Å². The predicted octanol–water partition coefficient (Wildman–Crippen LogP) is 1.62. The maximum absolute atomic E-state index is 12.3. The van der Waals surface area contributed by atoms with Crippen molar-refractivity contribution < 1.29 is 17.9 Å². The molecule has 0 radical (unpaired) electrons. The van der Waals surface area contributed by atoms with Gasteiger partial charge in [0, 0.05) is 13.0 Å². The number of amidine groups is 1. The minimum absolute atomic E-state index is 0.0112. The summed E-state index contributed by atoms with van der Waals surface area (Å²) >= 11 is 0. The normalized spacial score (nSPS) is 21.3. The van der Waals surface area contributed by atoms with Gasteiger partial charge in [-0.15, -0.1) is 4.40 Å². The molecule has 142 valence electrons. The highest BCUT2D eigenvalue weighted by Gasteiger charge is 2.28. The summed E-state index contributed by atoms with van der Waals surface area (Å²) in [7, 11) is -3.82. The summed E-state index contributed by atoms with van der Waals surface area (Å²) in [6, 6.07) is 5.04. The van der Waals surface area contributed by atoms with Crippen molar-refractivity contribution in [3.8, 4) is 5.75 Å². The number of amides is 1. The van der Waals surface area contributed by atoms with Gasteiger partial charge in [-0.3, -0.25) is 9.52 Å². The van der Waals surface area contributed by atoms with Crippen LogP contribution in [0.3, 0.4) is 0 Å². The van der Waals surface area contributed by atoms with Crippen LogP contribution in [-0.2, 0) is 15.0 Å². The standard InChI is InChI=1S/C17H24N4O4S/c1-2-6-15(22)21-10-4-3-7-12(21)11-25-14-9-5-8-13-16(14)17(18)20-26(23,24)19-13/h5,8-9,12,19H,2-4,6-7,10-11H2,1H3,(H2,18,20). The number of ether oxygens (including phenoxy) is 1. The molecule has 3 N–H and O–H groups in total. The highest BCUT2D eigenvalue weighted by molar-refractivity contribution is 7.91. The Kier molecular flexibility index (Phi) is 5.36. The Morgan fingerprint density at radius 2 is 2.23 bits per heavy atom. The van der Waals surface area contributed by atoms with E-state index < -0.39 is 10.2 Å². The Hall–Kier alpha value is -2.29. The minimum atomic E-state index is -3.82. The van der Waals surface area contributed by atoms with Crippen LogP contribution < -0.4 is 15.2 Å². The van der Waals surface area contributed by atoms with Gasteiger partial charge in [-0.05, 0) is 37.8 Å². The van der Waals surface area contributed by atoms with Gasteiger partial charge in [-0.1, -0.05) is 13.0 Å². The third-order valence-electron chi connectivity index (χ3n) is 4.58. The Morgan fingerprint density at radius 1 is 1.42 bits per heavy atom. The topological polar surface area (TPSA) is 114 Å². The van der Waals surface area contributed by atoms with Crippen molar-refractivity contribution in [3.05, 3.63) is 23.8 Å². The monoisotopic (exact) mass is 380 g/mol. The zero-order chi connectivity index (χ0) is 18.7. The quantitative estimate of drug-likeness (QED) is 0.806. The Balaban J connectivity index is 1.77. The van der Waals surface area contributed by atoms with Crippen molar-refractivity contribution in [1.82, 2.24) is 4.90 Å². The first kappa shape index (κ1) is 18.5. The molecule has 9 heteroatoms. The van der Waals surface area contributed by atoms with Crippen LogP contribution in [-0.4, -0.2) is 44.3 Å². The summed E-state index contributed by atoms with van der Waals surface area (Å²) in [5, 5.41) is 0. The van der Waals surface area contributed by atoms with Gasteiger partial charge in [0.2, 0.25) is 5.91 Å². The number of anilines is 1. The second kappa shape index (κ2) is 7.53. The second-order valence-electron chi connectivity index (χ2n) is 6.53. The van der Waals surface area contributed by atoms with Crippen molar-refractivity contribution in [2.45, 2.75) is 45.1 Å². The van der Waals surface area contributed by atoms with E-state index in [0.717, 1.165) is 32.2 Å². The van der Waals surface area contributed by atoms with E-state index in [9.17, 15) is 13.2 Å². The second-order valence-corrected chi connectivity index (χ2v) is 7.87. The molecular weight excluding hydrogens is 356 g/mol. The molecule has 0 aliphatic carbocycles. The number of hydrogen-bond donors (Lipinski definition) is 2. The van der Waals surface area contributed by atoms with Gasteiger partial charge in [-0.2, -0.15) is 8.42 Å². The van der Waals surface area contributed by atoms with Crippen molar-refractivity contribution in [2.75, 3.05) is 17.9 Å². The third kappa shape index (κ3) is 3.92. The molecule has 1 saturated heterocycles. The van der Waals surface area contributed by atoms with Gasteiger partial charge >= 0.3 is 10.2 Å². The fourth-order valence-electron chi connectivity index (χ4n) is 3.38. The summed E-state index contributed by atoms with van der Waals surface area (Å²) in [6.45, 7) is 3.09. The molecule has 1 atom stereocenters. The number of carbonyl (C=O) groups is 1. The molecule has 0 saturated carbocycles. The number of carbonyl (C=O) groups excluding carboxylic acids is 1. The molecule has 0 spiro atoms. The van der Waals surface area contributed by atoms with E-state index in [2.05, 4.69) is 9.12 Å². The van der Waals surface area contributed by atoms with E-state index in [0.29, 0.717) is 30.0 Å². The van der Waals surface area contributed by atoms with E-state index in [1.54, 1.807) is 18.2 Å². The molecule has 8 nitrogen and oxygen atoms in total. The van der Waals surface area contributed by atoms with Crippen LogP contribution in [0.5, 0.6) is 5.75 Å². The van der Waals surface area contributed by atoms with Crippen LogP contribution in [0.15, 0.2) is 22.6 Å². The molecule has 1 aromatic carbocycles. The van der Waals surface area contributed by atoms with E-state index in [1.807, 2.05) is 11.8 Å². The molecule has 1 unspecified atom stereocenters. The molecule has 1 aromatic rings. The predicted molar refractivity (Wildman–Crippen MR) is 99.5 cm³/mol. The average molecular weight is 380 g/mol. The summed E-state index contributed by atoms with van der Waals surface area (Å²) in [6.07, 6.45) is 4.32. The molecule has 0 bridgehead atoms. The number of fused-ring (bicyclic) bond motifs is 1. The summed E-state index contributed by atoms with van der Waals surface area (Å²) < 4.78 is 35.1. The number of hydrogen-bond acceptors (Lipinski definition) is 5. The lowest BCUT2D eigenvalue weighted by Crippen LogP contribution is -2.46. The van der Waals surface area contributed by atoms with Crippen LogP contribution in [0.1, 0.15) is 44.6 Å². The largest absolute Gasteiger partial charge is 0.491 e. The highest BCUT2D eigenvalue weighted by Crippen LogP contribution is 2.31. The van der Waals surface area contributed by atoms with Crippen molar-refractivity contribution >= 4 is 27.6 Å². The smallest absolute Gasteiger partial charge is 0.344 e. The number of likely N-dealkylation sites (tertiary alicyclic amines) is 1. The Labute approximate surface area is 153 Å². The molecule has 2 aliphatic heterocycles. The molecule has 0 aromatic heterocycles. The van der Waals surface area contributed by atoms with E-state index >= 15 is 0 Å². The summed E-state index contributed by atoms with van der Waals surface area (Å²) in [5.41, 5.74) is 6.61. The van der Waals surface area contributed by atoms with E-state index in [-0.39, 0.29) is 17.8 Å². The Morgan fingerprint density at radius 3 is 3.00 bits per heavy atom. The molecule has 3 rings (SSSR count). The number of nitrogens with two attached hydrogens (primary N) is 1. The van der Waals surface area contributed by atoms with Crippen LogP contribution in [0.4, 0.5) is 5.69 Å². The lowest BCUT2D eigenvalue weighted by atomic mass is 10.0. The van der Waals surface area contributed by atoms with Gasteiger partial charge in [0.15, 0.2) is 5.84 Å². The first-order chi connectivity index (χ1) is 12.4. The molecular formula is C17H24N4O4S. The summed E-state index contributed by atoms with van der Waals surface area (Å²) in [4.78, 5) is 14.2. The van der Waals surface area contributed by atoms with Gasteiger partial charge in [0.25, 0.3) is 0 Å². The number of benzene rings is 1. The zero-order valence-corrected chi connectivity index (χ0v) is 15.6. The van der Waals surface area contributed by atoms with Gasteiger partial charge < -0.3 is 15.4 Å². The lowest BCUT2D eigenvalue weighted by Gasteiger charge is -2.36. The first-order valence-corrected chi connectivity index (χ1v) is 10.3. The van der Waals surface area contributed by atoms with Crippen LogP contribution >= 0.6 is 0 Å². The molecule has 2 heterocycles. The van der Waals surface area contributed by atoms with Crippen LogP contribution in [0.25, 0.3) is 0 Å². The molecule has 1 amide bonds. The van der Waals surface area contributed by atoms with Crippen LogP contribution in [0, 0.1) is 0 Å². The molecule has 1 fully saturated rings. The maximum atomic E-state index is 12.3. The maximum Gasteiger partial charge on any atom is 0.344 e. The first-order valence-electron chi connectivity index (χ1n) is 8.85. The Bertz CT molecular complexity index is 822. The van der Waals surface area contributed by atoms with Gasteiger partial charge in [-0.25, -0.2) is 0 Å². The number of rotatable bonds is 5. The fourth-order valence-corrected chi connectivity index (χ4v) is 4.23. The van der Waals surface area contributed by atoms with Crippen molar-refractivity contribution in [1.29, 1.82) is 0 Å².